The van der Waals surface area contributed by atoms with E-state index in [-0.39, 0.29) is 5.75 Å². The minimum absolute atomic E-state index is 0.312. The second-order valence-corrected chi connectivity index (χ2v) is 7.14. The number of aromatic nitrogens is 3. The van der Waals surface area contributed by atoms with Crippen LogP contribution in [-0.2, 0) is 10.5 Å². The molecule has 1 N–H and O–H groups in total. The van der Waals surface area contributed by atoms with E-state index < -0.39 is 18.9 Å². The fraction of sp³-hybridized carbons (Fsp3) is 0.211. The van der Waals surface area contributed by atoms with Crippen molar-refractivity contribution in [1.82, 2.24) is 15.0 Å². The number of carboxylic acids is 1. The minimum atomic E-state index is -4.74. The predicted molar refractivity (Wildman–Crippen MR) is 102 cm³/mol. The Labute approximate surface area is 173 Å². The molecule has 0 atom stereocenters. The summed E-state index contributed by atoms with van der Waals surface area (Å²) < 4.78 is 47.2. The van der Waals surface area contributed by atoms with Crippen LogP contribution in [0.25, 0.3) is 5.69 Å². The number of rotatable bonds is 8. The topological polar surface area (TPSA) is 86.5 Å². The van der Waals surface area contributed by atoms with Crippen molar-refractivity contribution in [2.45, 2.75) is 23.9 Å². The maximum Gasteiger partial charge on any atom is 0.573 e. The Morgan fingerprint density at radius 1 is 1.20 bits per heavy atom. The van der Waals surface area contributed by atoms with Crippen LogP contribution in [0.4, 0.5) is 13.2 Å². The molecule has 0 saturated heterocycles. The molecular weight excluding hydrogens is 423 g/mol. The third-order valence-corrected chi connectivity index (χ3v) is 4.79. The molecule has 0 spiro atoms. The van der Waals surface area contributed by atoms with Crippen LogP contribution in [0, 0.1) is 6.92 Å². The maximum absolute atomic E-state index is 12.2. The molecule has 158 valence electrons. The number of ether oxygens (including phenoxy) is 2. The molecule has 0 radical (unpaired) electrons. The Morgan fingerprint density at radius 3 is 2.57 bits per heavy atom. The van der Waals surface area contributed by atoms with E-state index in [4.69, 9.17) is 9.84 Å². The third kappa shape index (κ3) is 6.14. The monoisotopic (exact) mass is 439 g/mol. The summed E-state index contributed by atoms with van der Waals surface area (Å²) in [6.45, 7) is 1.42. The quantitative estimate of drug-likeness (QED) is 0.526. The lowest BCUT2D eigenvalue weighted by atomic mass is 10.2. The van der Waals surface area contributed by atoms with Gasteiger partial charge in [-0.15, -0.1) is 30.0 Å². The highest BCUT2D eigenvalue weighted by molar-refractivity contribution is 7.98. The highest BCUT2D eigenvalue weighted by Gasteiger charge is 2.31. The molecule has 0 aliphatic rings. The van der Waals surface area contributed by atoms with Crippen LogP contribution >= 0.6 is 11.8 Å². The van der Waals surface area contributed by atoms with Crippen molar-refractivity contribution in [3.63, 3.8) is 0 Å². The molecule has 0 bridgehead atoms. The second kappa shape index (κ2) is 9.08. The highest BCUT2D eigenvalue weighted by Crippen LogP contribution is 2.28. The summed E-state index contributed by atoms with van der Waals surface area (Å²) in [6.07, 6.45) is -3.05. The number of hydrogen-bond donors (Lipinski definition) is 1. The number of halogens is 3. The lowest BCUT2D eigenvalue weighted by Gasteiger charge is -2.09. The molecule has 2 aromatic carbocycles. The van der Waals surface area contributed by atoms with Crippen LogP contribution in [0.2, 0.25) is 0 Å². The molecule has 1 heterocycles. The van der Waals surface area contributed by atoms with Crippen LogP contribution < -0.4 is 9.47 Å². The number of aryl methyl sites for hydroxylation is 1. The lowest BCUT2D eigenvalue weighted by molar-refractivity contribution is -0.274. The molecule has 0 saturated carbocycles. The van der Waals surface area contributed by atoms with Crippen molar-refractivity contribution >= 4 is 17.7 Å². The van der Waals surface area contributed by atoms with E-state index in [9.17, 15) is 18.0 Å². The summed E-state index contributed by atoms with van der Waals surface area (Å²) in [6, 6.07) is 10.7. The van der Waals surface area contributed by atoms with Gasteiger partial charge in [-0.3, -0.25) is 0 Å². The van der Waals surface area contributed by atoms with E-state index in [1.807, 2.05) is 19.1 Å². The Morgan fingerprint density at radius 2 is 1.93 bits per heavy atom. The van der Waals surface area contributed by atoms with Crippen molar-refractivity contribution in [3.05, 3.63) is 59.9 Å². The Hall–Kier alpha value is -3.21. The van der Waals surface area contributed by atoms with Crippen LogP contribution in [-0.4, -0.2) is 39.0 Å². The normalized spacial score (nSPS) is 11.3. The molecule has 0 aliphatic carbocycles. The van der Waals surface area contributed by atoms with Gasteiger partial charge in [-0.05, 0) is 55.0 Å². The highest BCUT2D eigenvalue weighted by atomic mass is 32.2. The number of nitrogens with zero attached hydrogens (tertiary/aromatic N) is 3. The first-order valence-corrected chi connectivity index (χ1v) is 9.53. The van der Waals surface area contributed by atoms with Gasteiger partial charge in [0.25, 0.3) is 0 Å². The van der Waals surface area contributed by atoms with Gasteiger partial charge in [-0.2, -0.15) is 0 Å². The van der Waals surface area contributed by atoms with Gasteiger partial charge in [0.05, 0.1) is 17.6 Å². The first kappa shape index (κ1) is 21.5. The minimum Gasteiger partial charge on any atom is -0.482 e. The Balaban J connectivity index is 1.59. The molecule has 30 heavy (non-hydrogen) atoms. The molecule has 7 nitrogen and oxygen atoms in total. The number of alkyl halides is 3. The zero-order valence-electron chi connectivity index (χ0n) is 15.6. The van der Waals surface area contributed by atoms with Crippen molar-refractivity contribution < 1.29 is 32.5 Å². The van der Waals surface area contributed by atoms with Crippen molar-refractivity contribution in [2.24, 2.45) is 0 Å². The molecule has 3 aromatic rings. The number of hydrogen-bond acceptors (Lipinski definition) is 6. The third-order valence-electron chi connectivity index (χ3n) is 3.76. The molecular formula is C19H16F3N3O4S. The first-order chi connectivity index (χ1) is 14.2. The van der Waals surface area contributed by atoms with E-state index in [1.54, 1.807) is 12.3 Å². The van der Waals surface area contributed by atoms with Gasteiger partial charge in [-0.25, -0.2) is 9.48 Å². The summed E-state index contributed by atoms with van der Waals surface area (Å²) in [7, 11) is 0. The van der Waals surface area contributed by atoms with Crippen LogP contribution in [0.3, 0.4) is 0 Å². The van der Waals surface area contributed by atoms with E-state index in [0.717, 1.165) is 10.5 Å². The SMILES string of the molecule is Cc1cc(SCc2cn(-c3ccc(OC(F)(F)F)cc3)nn2)ccc1OCC(=O)O. The average Bonchev–Trinajstić information content (AvgIpc) is 3.14. The van der Waals surface area contributed by atoms with E-state index in [1.165, 1.54) is 40.7 Å². The summed E-state index contributed by atoms with van der Waals surface area (Å²) >= 11 is 1.51. The number of thioether (sulfide) groups is 1. The van der Waals surface area contributed by atoms with E-state index in [0.29, 0.717) is 22.9 Å². The van der Waals surface area contributed by atoms with E-state index >= 15 is 0 Å². The molecule has 1 aromatic heterocycles. The fourth-order valence-corrected chi connectivity index (χ4v) is 3.33. The Kier molecular flexibility index (Phi) is 6.50. The van der Waals surface area contributed by atoms with Crippen LogP contribution in [0.5, 0.6) is 11.5 Å². The Bertz CT molecular complexity index is 1020. The zero-order chi connectivity index (χ0) is 21.7. The largest absolute Gasteiger partial charge is 0.573 e. The number of carbonyl (C=O) groups is 1. The molecule has 0 unspecified atom stereocenters. The molecule has 0 aliphatic heterocycles. The summed E-state index contributed by atoms with van der Waals surface area (Å²) in [5, 5.41) is 16.7. The van der Waals surface area contributed by atoms with Gasteiger partial charge in [-0.1, -0.05) is 5.21 Å². The predicted octanol–water partition coefficient (Wildman–Crippen LogP) is 4.23. The maximum atomic E-state index is 12.2. The van der Waals surface area contributed by atoms with Gasteiger partial charge >= 0.3 is 12.3 Å². The van der Waals surface area contributed by atoms with Gasteiger partial charge < -0.3 is 14.6 Å². The van der Waals surface area contributed by atoms with Gasteiger partial charge in [0.15, 0.2) is 6.61 Å². The lowest BCUT2D eigenvalue weighted by Crippen LogP contribution is -2.17. The number of carboxylic acid groups (broad SMARTS) is 1. The van der Waals surface area contributed by atoms with Gasteiger partial charge in [0.1, 0.15) is 11.5 Å². The van der Waals surface area contributed by atoms with Gasteiger partial charge in [0, 0.05) is 10.6 Å². The second-order valence-electron chi connectivity index (χ2n) is 6.09. The van der Waals surface area contributed by atoms with Crippen molar-refractivity contribution in [3.8, 4) is 17.2 Å². The molecule has 0 amide bonds. The number of aliphatic carboxylic acids is 1. The summed E-state index contributed by atoms with van der Waals surface area (Å²) in [5.74, 6) is -0.332. The van der Waals surface area contributed by atoms with E-state index in [2.05, 4.69) is 15.0 Å². The zero-order valence-corrected chi connectivity index (χ0v) is 16.4. The van der Waals surface area contributed by atoms with Crippen LogP contribution in [0.1, 0.15) is 11.3 Å². The van der Waals surface area contributed by atoms with Crippen molar-refractivity contribution in [1.29, 1.82) is 0 Å². The average molecular weight is 439 g/mol. The van der Waals surface area contributed by atoms with Crippen molar-refractivity contribution in [2.75, 3.05) is 6.61 Å². The molecule has 0 fully saturated rings. The van der Waals surface area contributed by atoms with Gasteiger partial charge in [0.2, 0.25) is 0 Å². The first-order valence-electron chi connectivity index (χ1n) is 8.55. The summed E-state index contributed by atoms with van der Waals surface area (Å²) in [4.78, 5) is 11.5. The molecule has 3 rings (SSSR count). The summed E-state index contributed by atoms with van der Waals surface area (Å²) in [5.41, 5.74) is 2.04. The molecule has 11 heteroatoms. The van der Waals surface area contributed by atoms with Crippen LogP contribution in [0.15, 0.2) is 53.6 Å². The number of benzene rings is 2. The smallest absolute Gasteiger partial charge is 0.482 e. The fourth-order valence-electron chi connectivity index (χ4n) is 2.46. The standard InChI is InChI=1S/C19H16F3N3O4S/c1-12-8-16(6-7-17(12)28-10-18(26)27)30-11-13-9-25(24-23-13)14-2-4-15(5-3-14)29-19(20,21)22/h2-9H,10-11H2,1H3,(H,26,27).